The van der Waals surface area contributed by atoms with Crippen LogP contribution in [0.5, 0.6) is 0 Å². The lowest BCUT2D eigenvalue weighted by Gasteiger charge is -2.57. The number of hydrogen-bond donors (Lipinski definition) is 0. The lowest BCUT2D eigenvalue weighted by atomic mass is 9.49. The first-order chi connectivity index (χ1) is 15.6. The monoisotopic (exact) mass is 459 g/mol. The molecule has 5 heteroatoms. The molecule has 3 aliphatic carbocycles. The molecule has 0 bridgehead atoms. The van der Waals surface area contributed by atoms with E-state index in [4.69, 9.17) is 9.47 Å². The van der Waals surface area contributed by atoms with Gasteiger partial charge in [0.2, 0.25) is 0 Å². The summed E-state index contributed by atoms with van der Waals surface area (Å²) in [6.07, 6.45) is 12.0. The molecule has 3 saturated carbocycles. The molecular weight excluding hydrogens is 414 g/mol. The van der Waals surface area contributed by atoms with Gasteiger partial charge in [-0.15, -0.1) is 0 Å². The van der Waals surface area contributed by atoms with Gasteiger partial charge >= 0.3 is 11.9 Å². The van der Waals surface area contributed by atoms with Gasteiger partial charge in [-0.2, -0.15) is 0 Å². The van der Waals surface area contributed by atoms with Gasteiger partial charge < -0.3 is 14.4 Å². The van der Waals surface area contributed by atoms with Crippen molar-refractivity contribution < 1.29 is 19.1 Å². The van der Waals surface area contributed by atoms with Crippen LogP contribution in [0, 0.1) is 22.2 Å². The molecule has 0 aromatic rings. The Morgan fingerprint density at radius 1 is 1.03 bits per heavy atom. The van der Waals surface area contributed by atoms with E-state index in [9.17, 15) is 9.59 Å². The molecule has 0 radical (unpaired) electrons. The van der Waals surface area contributed by atoms with E-state index >= 15 is 0 Å². The van der Waals surface area contributed by atoms with Crippen LogP contribution in [0.1, 0.15) is 98.3 Å². The van der Waals surface area contributed by atoms with E-state index in [1.807, 2.05) is 0 Å². The van der Waals surface area contributed by atoms with Crippen LogP contribution in [0.4, 0.5) is 0 Å². The number of carbonyl (C=O) groups excluding carboxylic acids is 2. The predicted molar refractivity (Wildman–Crippen MR) is 130 cm³/mol. The maximum absolute atomic E-state index is 12.1. The molecule has 4 rings (SSSR count). The molecule has 5 nitrogen and oxygen atoms in total. The first-order valence-corrected chi connectivity index (χ1v) is 13.3. The summed E-state index contributed by atoms with van der Waals surface area (Å²) in [7, 11) is 0. The smallest absolute Gasteiger partial charge is 0.302 e. The molecule has 0 aromatic heterocycles. The van der Waals surface area contributed by atoms with Crippen molar-refractivity contribution >= 4 is 11.9 Å². The fourth-order valence-electron chi connectivity index (χ4n) is 8.02. The van der Waals surface area contributed by atoms with Gasteiger partial charge in [-0.25, -0.2) is 0 Å². The number of likely N-dealkylation sites (tertiary alicyclic amines) is 1. The minimum absolute atomic E-state index is 0.0752. The molecule has 4 aliphatic rings. The Labute approximate surface area is 200 Å². The lowest BCUT2D eigenvalue weighted by molar-refractivity contribution is -0.177. The molecule has 1 unspecified atom stereocenters. The minimum Gasteiger partial charge on any atom is -0.462 e. The summed E-state index contributed by atoms with van der Waals surface area (Å²) < 4.78 is 11.5. The van der Waals surface area contributed by atoms with E-state index < -0.39 is 0 Å². The average Bonchev–Trinajstić information content (AvgIpc) is 3.35. The molecular formula is C28H45NO4. The van der Waals surface area contributed by atoms with Gasteiger partial charge in [0.25, 0.3) is 0 Å². The van der Waals surface area contributed by atoms with E-state index in [1.54, 1.807) is 0 Å². The fraction of sp³-hybridized carbons (Fsp3) is 0.857. The maximum Gasteiger partial charge on any atom is 0.302 e. The molecule has 1 saturated heterocycles. The maximum atomic E-state index is 12.1. The first kappa shape index (κ1) is 24.8. The van der Waals surface area contributed by atoms with Gasteiger partial charge in [0.1, 0.15) is 12.2 Å². The number of nitrogens with zero attached hydrogens (tertiary/aromatic N) is 1. The third-order valence-corrected chi connectivity index (χ3v) is 10.4. The number of carbonyl (C=O) groups is 2. The zero-order valence-corrected chi connectivity index (χ0v) is 21.4. The number of ether oxygens (including phenoxy) is 2. The molecule has 6 atom stereocenters. The van der Waals surface area contributed by atoms with Crippen LogP contribution >= 0.6 is 0 Å². The van der Waals surface area contributed by atoms with Crippen molar-refractivity contribution in [2.24, 2.45) is 22.2 Å². The summed E-state index contributed by atoms with van der Waals surface area (Å²) in [5, 5.41) is 0. The van der Waals surface area contributed by atoms with E-state index in [-0.39, 0.29) is 35.0 Å². The highest BCUT2D eigenvalue weighted by Gasteiger charge is 2.60. The van der Waals surface area contributed by atoms with Crippen LogP contribution in [-0.2, 0) is 19.1 Å². The zero-order valence-electron chi connectivity index (χ0n) is 21.4. The van der Waals surface area contributed by atoms with Gasteiger partial charge in [-0.1, -0.05) is 26.0 Å². The normalized spacial score (nSPS) is 41.6. The van der Waals surface area contributed by atoms with Gasteiger partial charge in [-0.3, -0.25) is 9.59 Å². The molecule has 1 aliphatic heterocycles. The minimum atomic E-state index is -0.246. The van der Waals surface area contributed by atoms with Crippen LogP contribution < -0.4 is 0 Å². The van der Waals surface area contributed by atoms with Gasteiger partial charge in [-0.05, 0) is 101 Å². The first-order valence-electron chi connectivity index (χ1n) is 13.3. The van der Waals surface area contributed by atoms with Crippen molar-refractivity contribution in [2.75, 3.05) is 19.6 Å². The lowest BCUT2D eigenvalue weighted by Crippen LogP contribution is -2.53. The Balaban J connectivity index is 1.56. The van der Waals surface area contributed by atoms with E-state index in [2.05, 4.69) is 25.3 Å². The zero-order chi connectivity index (χ0) is 23.9. The van der Waals surface area contributed by atoms with Gasteiger partial charge in [0, 0.05) is 25.7 Å². The molecule has 0 spiro atoms. The molecule has 4 fully saturated rings. The van der Waals surface area contributed by atoms with Crippen molar-refractivity contribution in [2.45, 2.75) is 111 Å². The highest BCUT2D eigenvalue weighted by Crippen LogP contribution is 2.68. The largest absolute Gasteiger partial charge is 0.462 e. The van der Waals surface area contributed by atoms with Crippen LogP contribution in [-0.4, -0.2) is 48.7 Å². The number of rotatable bonds is 6. The summed E-state index contributed by atoms with van der Waals surface area (Å²) >= 11 is 0. The molecule has 0 amide bonds. The Bertz CT molecular complexity index is 774. The van der Waals surface area contributed by atoms with Crippen molar-refractivity contribution in [3.05, 3.63) is 12.2 Å². The Morgan fingerprint density at radius 3 is 2.39 bits per heavy atom. The van der Waals surface area contributed by atoms with Gasteiger partial charge in [0.15, 0.2) is 0 Å². The van der Waals surface area contributed by atoms with Crippen molar-refractivity contribution in [3.8, 4) is 0 Å². The molecule has 0 N–H and O–H groups in total. The Kier molecular flexibility index (Phi) is 7.02. The average molecular weight is 460 g/mol. The highest BCUT2D eigenvalue weighted by atomic mass is 16.6. The second kappa shape index (κ2) is 9.36. The third kappa shape index (κ3) is 4.63. The van der Waals surface area contributed by atoms with E-state index in [1.165, 1.54) is 77.6 Å². The Morgan fingerprint density at radius 2 is 1.73 bits per heavy atom. The number of allylic oxidation sites excluding steroid dienone is 1. The number of hydrogen-bond acceptors (Lipinski definition) is 5. The predicted octanol–water partition coefficient (Wildman–Crippen LogP) is 5.67. The summed E-state index contributed by atoms with van der Waals surface area (Å²) in [5.41, 5.74) is 1.91. The number of fused-ring (bicyclic) bond motifs is 1. The summed E-state index contributed by atoms with van der Waals surface area (Å²) in [5.74, 6) is 0.0370. The summed E-state index contributed by atoms with van der Waals surface area (Å²) in [6.45, 7) is 16.1. The third-order valence-electron chi connectivity index (χ3n) is 10.4. The van der Waals surface area contributed by atoms with Crippen molar-refractivity contribution in [3.63, 3.8) is 0 Å². The van der Waals surface area contributed by atoms with Crippen LogP contribution in [0.2, 0.25) is 0 Å². The topological polar surface area (TPSA) is 55.8 Å². The van der Waals surface area contributed by atoms with E-state index in [0.29, 0.717) is 17.8 Å². The second-order valence-corrected chi connectivity index (χ2v) is 12.1. The molecule has 0 aromatic carbocycles. The SMILES string of the molecule is C=C1CC[C@@]2(CCN3CCCC3)CC([C@@]3(C)CC[C@H](OC(C)=O)C[C@@H]3OC(C)=O)CC[C@]12C. The Hall–Kier alpha value is -1.36. The fourth-order valence-corrected chi connectivity index (χ4v) is 8.02. The van der Waals surface area contributed by atoms with Crippen molar-refractivity contribution in [1.82, 2.24) is 4.90 Å². The standard InChI is InChI=1S/C28H45NO4/c1-20-8-13-28(14-17-29-15-6-7-16-29)19-23(9-12-27(20,28)5)26(4)11-10-24(32-21(2)30)18-25(26)33-22(3)31/h23-25H,1,6-19H2,2-5H3/t23?,24-,25-,26+,27+,28+/m0/s1. The van der Waals surface area contributed by atoms with Gasteiger partial charge in [0.05, 0.1) is 0 Å². The van der Waals surface area contributed by atoms with Crippen LogP contribution in [0.3, 0.4) is 0 Å². The quantitative estimate of drug-likeness (QED) is 0.378. The second-order valence-electron chi connectivity index (χ2n) is 12.1. The van der Waals surface area contributed by atoms with E-state index in [0.717, 1.165) is 25.7 Å². The van der Waals surface area contributed by atoms with Crippen molar-refractivity contribution in [1.29, 1.82) is 0 Å². The van der Waals surface area contributed by atoms with Crippen LogP contribution in [0.25, 0.3) is 0 Å². The molecule has 186 valence electrons. The number of esters is 2. The highest BCUT2D eigenvalue weighted by molar-refractivity contribution is 5.66. The molecule has 33 heavy (non-hydrogen) atoms. The van der Waals surface area contributed by atoms with Crippen LogP contribution in [0.15, 0.2) is 12.2 Å². The summed E-state index contributed by atoms with van der Waals surface area (Å²) in [4.78, 5) is 26.3. The summed E-state index contributed by atoms with van der Waals surface area (Å²) in [6, 6.07) is 0. The molecule has 1 heterocycles.